The Morgan fingerprint density at radius 3 is 2.50 bits per heavy atom. The summed E-state index contributed by atoms with van der Waals surface area (Å²) in [7, 11) is 0. The lowest BCUT2D eigenvalue weighted by Crippen LogP contribution is -2.40. The molecule has 0 aliphatic carbocycles. The monoisotopic (exact) mass is 140 g/mol. The topological polar surface area (TPSA) is 47.3 Å². The Kier molecular flexibility index (Phi) is 1.94. The lowest BCUT2D eigenvalue weighted by atomic mass is 10.2. The van der Waals surface area contributed by atoms with Gasteiger partial charge in [0.1, 0.15) is 5.84 Å². The van der Waals surface area contributed by atoms with E-state index in [9.17, 15) is 0 Å². The van der Waals surface area contributed by atoms with Gasteiger partial charge in [0, 0.05) is 19.2 Å². The number of allylic oxidation sites excluding steroid dienone is 1. The molecule has 3 heteroatoms. The third-order valence-corrected chi connectivity index (χ3v) is 1.54. The van der Waals surface area contributed by atoms with Gasteiger partial charge in [-0.15, -0.1) is 0 Å². The van der Waals surface area contributed by atoms with Crippen LogP contribution in [0.5, 0.6) is 0 Å². The number of amidine groups is 1. The van der Waals surface area contributed by atoms with E-state index >= 15 is 0 Å². The van der Waals surface area contributed by atoms with Gasteiger partial charge >= 0.3 is 0 Å². The van der Waals surface area contributed by atoms with E-state index in [1.54, 1.807) is 6.92 Å². The SMILES string of the molecule is C/C(O)=C\C(=N)N1CCC1. The van der Waals surface area contributed by atoms with Gasteiger partial charge < -0.3 is 10.0 Å². The summed E-state index contributed by atoms with van der Waals surface area (Å²) in [5.74, 6) is 0.628. The fourth-order valence-corrected chi connectivity index (χ4v) is 0.846. The summed E-state index contributed by atoms with van der Waals surface area (Å²) < 4.78 is 0. The smallest absolute Gasteiger partial charge is 0.123 e. The second kappa shape index (κ2) is 2.73. The van der Waals surface area contributed by atoms with Crippen molar-refractivity contribution in [1.82, 2.24) is 4.90 Å². The highest BCUT2D eigenvalue weighted by Crippen LogP contribution is 2.06. The molecule has 0 bridgehead atoms. The van der Waals surface area contributed by atoms with Crippen molar-refractivity contribution < 1.29 is 5.11 Å². The standard InChI is InChI=1S/C7H12N2O/c1-6(10)5-7(8)9-3-2-4-9/h5,8,10H,2-4H2,1H3/b6-5+,8-7?. The van der Waals surface area contributed by atoms with Crippen molar-refractivity contribution in [3.63, 3.8) is 0 Å². The van der Waals surface area contributed by atoms with E-state index in [4.69, 9.17) is 10.5 Å². The third-order valence-electron chi connectivity index (χ3n) is 1.54. The van der Waals surface area contributed by atoms with Crippen LogP contribution in [0.3, 0.4) is 0 Å². The number of rotatable bonds is 1. The molecule has 0 atom stereocenters. The molecule has 1 aliphatic heterocycles. The molecule has 3 nitrogen and oxygen atoms in total. The van der Waals surface area contributed by atoms with Crippen molar-refractivity contribution in [3.8, 4) is 0 Å². The van der Waals surface area contributed by atoms with E-state index in [0.717, 1.165) is 13.1 Å². The summed E-state index contributed by atoms with van der Waals surface area (Å²) in [5, 5.41) is 16.2. The molecular formula is C7H12N2O. The molecule has 1 saturated heterocycles. The minimum Gasteiger partial charge on any atom is -0.512 e. The Morgan fingerprint density at radius 1 is 1.60 bits per heavy atom. The van der Waals surface area contributed by atoms with Gasteiger partial charge in [-0.1, -0.05) is 0 Å². The average molecular weight is 140 g/mol. The van der Waals surface area contributed by atoms with E-state index in [1.807, 2.05) is 4.90 Å². The zero-order valence-electron chi connectivity index (χ0n) is 6.09. The van der Waals surface area contributed by atoms with Crippen LogP contribution in [0.1, 0.15) is 13.3 Å². The normalized spacial score (nSPS) is 18.5. The molecule has 0 aromatic heterocycles. The molecule has 0 aromatic carbocycles. The second-order valence-electron chi connectivity index (χ2n) is 2.51. The van der Waals surface area contributed by atoms with Gasteiger partial charge in [-0.3, -0.25) is 5.41 Å². The zero-order chi connectivity index (χ0) is 7.56. The minimum absolute atomic E-state index is 0.205. The molecule has 0 unspecified atom stereocenters. The maximum Gasteiger partial charge on any atom is 0.123 e. The van der Waals surface area contributed by atoms with Gasteiger partial charge in [0.05, 0.1) is 5.76 Å². The summed E-state index contributed by atoms with van der Waals surface area (Å²) >= 11 is 0. The number of nitrogens with zero attached hydrogens (tertiary/aromatic N) is 1. The highest BCUT2D eigenvalue weighted by Gasteiger charge is 2.14. The van der Waals surface area contributed by atoms with Crippen molar-refractivity contribution in [2.45, 2.75) is 13.3 Å². The van der Waals surface area contributed by atoms with Crippen LogP contribution in [0.25, 0.3) is 0 Å². The van der Waals surface area contributed by atoms with Crippen LogP contribution in [0.2, 0.25) is 0 Å². The number of aliphatic hydroxyl groups excluding tert-OH is 1. The number of likely N-dealkylation sites (tertiary alicyclic amines) is 1. The number of nitrogens with one attached hydrogen (secondary N) is 1. The highest BCUT2D eigenvalue weighted by molar-refractivity contribution is 5.90. The zero-order valence-corrected chi connectivity index (χ0v) is 6.09. The summed E-state index contributed by atoms with van der Waals surface area (Å²) in [5.41, 5.74) is 0. The van der Waals surface area contributed by atoms with Crippen molar-refractivity contribution in [3.05, 3.63) is 11.8 Å². The summed E-state index contributed by atoms with van der Waals surface area (Å²) in [4.78, 5) is 1.92. The van der Waals surface area contributed by atoms with Crippen LogP contribution in [0.4, 0.5) is 0 Å². The number of hydrogen-bond acceptors (Lipinski definition) is 2. The van der Waals surface area contributed by atoms with Crippen molar-refractivity contribution in [1.29, 1.82) is 5.41 Å². The molecular weight excluding hydrogens is 128 g/mol. The number of hydrogen-bond donors (Lipinski definition) is 2. The van der Waals surface area contributed by atoms with E-state index in [1.165, 1.54) is 12.5 Å². The molecule has 1 rings (SSSR count). The molecule has 2 N–H and O–H groups in total. The summed E-state index contributed by atoms with van der Waals surface area (Å²) in [6.45, 7) is 3.50. The van der Waals surface area contributed by atoms with E-state index < -0.39 is 0 Å². The van der Waals surface area contributed by atoms with E-state index in [2.05, 4.69) is 0 Å². The molecule has 1 aliphatic rings. The minimum atomic E-state index is 0.205. The number of aliphatic hydroxyl groups is 1. The first-order chi connectivity index (χ1) is 4.70. The molecule has 1 heterocycles. The molecule has 0 spiro atoms. The molecule has 56 valence electrons. The highest BCUT2D eigenvalue weighted by atomic mass is 16.3. The lowest BCUT2D eigenvalue weighted by molar-refractivity contribution is 0.298. The van der Waals surface area contributed by atoms with Crippen molar-refractivity contribution in [2.75, 3.05) is 13.1 Å². The lowest BCUT2D eigenvalue weighted by Gasteiger charge is -2.31. The van der Waals surface area contributed by atoms with Gasteiger partial charge in [0.15, 0.2) is 0 Å². The first-order valence-electron chi connectivity index (χ1n) is 3.41. The Bertz CT molecular complexity index is 166. The van der Waals surface area contributed by atoms with Crippen LogP contribution < -0.4 is 0 Å². The predicted molar refractivity (Wildman–Crippen MR) is 40.3 cm³/mol. The fourth-order valence-electron chi connectivity index (χ4n) is 0.846. The Morgan fingerprint density at radius 2 is 2.20 bits per heavy atom. The molecule has 0 saturated carbocycles. The Hall–Kier alpha value is -0.990. The predicted octanol–water partition coefficient (Wildman–Crippen LogP) is 1.13. The molecule has 0 amide bonds. The molecule has 10 heavy (non-hydrogen) atoms. The van der Waals surface area contributed by atoms with Crippen LogP contribution in [0.15, 0.2) is 11.8 Å². The van der Waals surface area contributed by atoms with Gasteiger partial charge in [0.2, 0.25) is 0 Å². The van der Waals surface area contributed by atoms with Gasteiger partial charge in [-0.05, 0) is 13.3 Å². The fraction of sp³-hybridized carbons (Fsp3) is 0.571. The first kappa shape index (κ1) is 7.12. The van der Waals surface area contributed by atoms with Crippen LogP contribution in [-0.4, -0.2) is 28.9 Å². The quantitative estimate of drug-likeness (QED) is 0.326. The van der Waals surface area contributed by atoms with Crippen LogP contribution >= 0.6 is 0 Å². The average Bonchev–Trinajstić information content (AvgIpc) is 1.55. The van der Waals surface area contributed by atoms with Crippen LogP contribution in [0, 0.1) is 5.41 Å². The molecule has 0 radical (unpaired) electrons. The van der Waals surface area contributed by atoms with Crippen molar-refractivity contribution >= 4 is 5.84 Å². The van der Waals surface area contributed by atoms with E-state index in [-0.39, 0.29) is 5.76 Å². The first-order valence-corrected chi connectivity index (χ1v) is 3.41. The van der Waals surface area contributed by atoms with Gasteiger partial charge in [0.25, 0.3) is 0 Å². The molecule has 0 aromatic rings. The molecule has 1 fully saturated rings. The van der Waals surface area contributed by atoms with Gasteiger partial charge in [-0.2, -0.15) is 0 Å². The maximum atomic E-state index is 8.78. The van der Waals surface area contributed by atoms with Crippen LogP contribution in [-0.2, 0) is 0 Å². The second-order valence-corrected chi connectivity index (χ2v) is 2.51. The largest absolute Gasteiger partial charge is 0.512 e. The maximum absolute atomic E-state index is 8.78. The Balaban J connectivity index is 2.41. The van der Waals surface area contributed by atoms with Gasteiger partial charge in [-0.25, -0.2) is 0 Å². The summed E-state index contributed by atoms with van der Waals surface area (Å²) in [6, 6.07) is 0. The van der Waals surface area contributed by atoms with Crippen molar-refractivity contribution in [2.24, 2.45) is 0 Å². The summed E-state index contributed by atoms with van der Waals surface area (Å²) in [6.07, 6.45) is 2.64. The Labute approximate surface area is 60.5 Å². The van der Waals surface area contributed by atoms with E-state index in [0.29, 0.717) is 5.84 Å². The third kappa shape index (κ3) is 1.50.